The lowest BCUT2D eigenvalue weighted by Gasteiger charge is -2.34. The second-order valence-corrected chi connectivity index (χ2v) is 10.2. The van der Waals surface area contributed by atoms with Crippen LogP contribution < -0.4 is 0 Å². The van der Waals surface area contributed by atoms with E-state index in [9.17, 15) is 0 Å². The van der Waals surface area contributed by atoms with E-state index in [1.54, 1.807) is 13.2 Å². The van der Waals surface area contributed by atoms with Gasteiger partial charge in [0.15, 0.2) is 0 Å². The Morgan fingerprint density at radius 3 is 2.48 bits per heavy atom. The highest BCUT2D eigenvalue weighted by molar-refractivity contribution is 6.59. The van der Waals surface area contributed by atoms with Gasteiger partial charge < -0.3 is 9.47 Å². The van der Waals surface area contributed by atoms with Crippen molar-refractivity contribution in [1.29, 1.82) is 0 Å². The van der Waals surface area contributed by atoms with Crippen molar-refractivity contribution in [3.05, 3.63) is 34.7 Å². The van der Waals surface area contributed by atoms with Gasteiger partial charge in [0.2, 0.25) is 0 Å². The molecule has 1 radical (unpaired) electrons. The van der Waals surface area contributed by atoms with Gasteiger partial charge in [0, 0.05) is 31.1 Å². The lowest BCUT2D eigenvalue weighted by Crippen LogP contribution is -2.38. The lowest BCUT2D eigenvalue weighted by atomic mass is 9.96. The Morgan fingerprint density at radius 2 is 2.04 bits per heavy atom. The molecule has 0 amide bonds. The maximum absolute atomic E-state index is 8.42. The van der Waals surface area contributed by atoms with Crippen molar-refractivity contribution in [2.75, 3.05) is 20.3 Å². The van der Waals surface area contributed by atoms with Crippen molar-refractivity contribution < 1.29 is 9.47 Å². The number of methoxy groups -OCH3 is 1. The molecule has 23 heavy (non-hydrogen) atoms. The normalized spacial score (nSPS) is 16.6. The summed E-state index contributed by atoms with van der Waals surface area (Å²) in [5.41, 5.74) is 9.45. The van der Waals surface area contributed by atoms with Gasteiger partial charge in [-0.05, 0) is 17.5 Å². The summed E-state index contributed by atoms with van der Waals surface area (Å²) in [5, 5.41) is 3.79. The predicted octanol–water partition coefficient (Wildman–Crippen LogP) is 5.00. The van der Waals surface area contributed by atoms with E-state index < -0.39 is 8.80 Å². The third kappa shape index (κ3) is 7.84. The van der Waals surface area contributed by atoms with E-state index in [1.165, 1.54) is 0 Å². The summed E-state index contributed by atoms with van der Waals surface area (Å²) < 4.78 is 11.8. The fourth-order valence-electron chi connectivity index (χ4n) is 2.10. The van der Waals surface area contributed by atoms with Crippen LogP contribution in [0, 0.1) is 5.92 Å². The number of hydrogen-bond acceptors (Lipinski definition) is 3. The van der Waals surface area contributed by atoms with Crippen LogP contribution in [0.2, 0.25) is 18.1 Å². The summed E-state index contributed by atoms with van der Waals surface area (Å²) in [7, 11) is 1.21. The molecule has 0 fully saturated rings. The summed E-state index contributed by atoms with van der Waals surface area (Å²) >= 11 is 0. The second kappa shape index (κ2) is 10.7. The maximum Gasteiger partial charge on any atom is 0.102 e. The van der Waals surface area contributed by atoms with Crippen molar-refractivity contribution >= 4 is 8.80 Å². The molecule has 0 unspecified atom stereocenters. The Hall–Kier alpha value is -1.07. The molecule has 0 rings (SSSR count). The Morgan fingerprint density at radius 1 is 1.43 bits per heavy atom. The third-order valence-electron chi connectivity index (χ3n) is 4.27. The first-order valence-corrected chi connectivity index (χ1v) is 10.4. The zero-order chi connectivity index (χ0) is 18.0. The number of hydrogen-bond donors (Lipinski definition) is 0. The van der Waals surface area contributed by atoms with Crippen molar-refractivity contribution in [2.24, 2.45) is 11.0 Å². The summed E-state index contributed by atoms with van der Waals surface area (Å²) in [6.07, 6.45) is 3.59. The average Bonchev–Trinajstić information content (AvgIpc) is 2.48. The molecular formula is C17H32N3O2Si. The van der Waals surface area contributed by atoms with Gasteiger partial charge >= 0.3 is 0 Å². The van der Waals surface area contributed by atoms with E-state index in [1.807, 2.05) is 6.92 Å². The van der Waals surface area contributed by atoms with Gasteiger partial charge in [-0.15, -0.1) is 6.58 Å². The Kier molecular flexibility index (Phi) is 10.2. The molecule has 0 aliphatic carbocycles. The van der Waals surface area contributed by atoms with Gasteiger partial charge in [-0.3, -0.25) is 0 Å². The van der Waals surface area contributed by atoms with Gasteiger partial charge in [0.25, 0.3) is 0 Å². The Labute approximate surface area is 143 Å². The minimum atomic E-state index is -0.467. The molecule has 0 heterocycles. The fourth-order valence-corrected chi connectivity index (χ4v) is 2.47. The highest BCUT2D eigenvalue weighted by atomic mass is 28.3. The molecule has 0 aromatic heterocycles. The zero-order valence-corrected chi connectivity index (χ0v) is 16.7. The standard InChI is InChI=1S/C17H32N3O2Si/c1-9-15(21-6)16(22-12-17(4,5)23(7)8)14(3)10-13(2)11-19-20-18/h9-10,14-16H,1,11-12H2,2-8H3/t14-,15+,16+/m1/s1. The highest BCUT2D eigenvalue weighted by Gasteiger charge is 2.30. The van der Waals surface area contributed by atoms with Gasteiger partial charge in [0.1, 0.15) is 6.10 Å². The van der Waals surface area contributed by atoms with Crippen molar-refractivity contribution in [1.82, 2.24) is 0 Å². The van der Waals surface area contributed by atoms with Crippen LogP contribution in [0.5, 0.6) is 0 Å². The number of azide groups is 1. The van der Waals surface area contributed by atoms with Gasteiger partial charge in [-0.2, -0.15) is 0 Å². The second-order valence-electron chi connectivity index (χ2n) is 6.86. The monoisotopic (exact) mass is 338 g/mol. The fraction of sp³-hybridized carbons (Fsp3) is 0.765. The molecular weight excluding hydrogens is 306 g/mol. The molecule has 0 bridgehead atoms. The first kappa shape index (κ1) is 21.9. The van der Waals surface area contributed by atoms with Crippen molar-refractivity contribution in [3.8, 4) is 0 Å². The maximum atomic E-state index is 8.42. The van der Waals surface area contributed by atoms with Crippen LogP contribution >= 0.6 is 0 Å². The molecule has 0 N–H and O–H groups in total. The van der Waals surface area contributed by atoms with Crippen molar-refractivity contribution in [3.63, 3.8) is 0 Å². The first-order valence-electron chi connectivity index (χ1n) is 7.95. The zero-order valence-electron chi connectivity index (χ0n) is 15.7. The summed E-state index contributed by atoms with van der Waals surface area (Å²) in [5.74, 6) is 0.132. The topological polar surface area (TPSA) is 67.2 Å². The van der Waals surface area contributed by atoms with Gasteiger partial charge in [0.05, 0.1) is 14.9 Å². The molecule has 0 aromatic carbocycles. The summed E-state index contributed by atoms with van der Waals surface area (Å²) in [6.45, 7) is 18.1. The summed E-state index contributed by atoms with van der Waals surface area (Å²) in [6, 6.07) is 0. The predicted molar refractivity (Wildman–Crippen MR) is 99.2 cm³/mol. The molecule has 0 saturated heterocycles. The minimum absolute atomic E-state index is 0.112. The van der Waals surface area contributed by atoms with E-state index >= 15 is 0 Å². The molecule has 0 aromatic rings. The van der Waals surface area contributed by atoms with Crippen LogP contribution in [-0.4, -0.2) is 41.3 Å². The van der Waals surface area contributed by atoms with E-state index in [0.717, 1.165) is 5.57 Å². The first-order chi connectivity index (χ1) is 10.7. The van der Waals surface area contributed by atoms with Gasteiger partial charge in [-0.25, -0.2) is 0 Å². The molecule has 0 aliphatic heterocycles. The molecule has 0 aliphatic rings. The largest absolute Gasteiger partial charge is 0.375 e. The number of rotatable bonds is 11. The smallest absolute Gasteiger partial charge is 0.102 e. The number of ether oxygens (including phenoxy) is 2. The molecule has 5 nitrogen and oxygen atoms in total. The van der Waals surface area contributed by atoms with Crippen LogP contribution in [-0.2, 0) is 9.47 Å². The average molecular weight is 339 g/mol. The van der Waals surface area contributed by atoms with Crippen molar-refractivity contribution in [2.45, 2.75) is 58.0 Å². The highest BCUT2D eigenvalue weighted by Crippen LogP contribution is 2.30. The van der Waals surface area contributed by atoms with E-state index in [2.05, 4.69) is 56.5 Å². The molecule has 6 heteroatoms. The minimum Gasteiger partial charge on any atom is -0.375 e. The third-order valence-corrected chi connectivity index (χ3v) is 7.12. The molecule has 3 atom stereocenters. The quantitative estimate of drug-likeness (QED) is 0.175. The molecule has 131 valence electrons. The van der Waals surface area contributed by atoms with Crippen LogP contribution in [0.15, 0.2) is 29.4 Å². The van der Waals surface area contributed by atoms with Crippen LogP contribution in [0.3, 0.4) is 0 Å². The van der Waals surface area contributed by atoms with E-state index in [4.69, 9.17) is 15.0 Å². The van der Waals surface area contributed by atoms with E-state index in [0.29, 0.717) is 13.2 Å². The number of nitrogens with zero attached hydrogens (tertiary/aromatic N) is 3. The van der Waals surface area contributed by atoms with E-state index in [-0.39, 0.29) is 23.2 Å². The SMILES string of the molecule is C=C[C@H](OC)[C@@H](OCC(C)(C)[Si](C)C)[C@H](C)C=C(C)CN=[N+]=[N-]. The van der Waals surface area contributed by atoms with Crippen LogP contribution in [0.1, 0.15) is 27.7 Å². The Bertz CT molecular complexity index is 443. The molecule has 0 spiro atoms. The van der Waals surface area contributed by atoms with Crippen LogP contribution in [0.25, 0.3) is 10.4 Å². The summed E-state index contributed by atoms with van der Waals surface area (Å²) in [4.78, 5) is 2.80. The molecule has 0 saturated carbocycles. The van der Waals surface area contributed by atoms with Gasteiger partial charge in [-0.1, -0.05) is 56.7 Å². The van der Waals surface area contributed by atoms with Crippen LogP contribution in [0.4, 0.5) is 0 Å². The Balaban J connectivity index is 5.14. The lowest BCUT2D eigenvalue weighted by molar-refractivity contribution is -0.0592.